The highest BCUT2D eigenvalue weighted by Crippen LogP contribution is 2.39. The van der Waals surface area contributed by atoms with Gasteiger partial charge in [0.25, 0.3) is 5.56 Å². The molecule has 0 saturated carbocycles. The van der Waals surface area contributed by atoms with Crippen molar-refractivity contribution in [3.8, 4) is 0 Å². The number of rotatable bonds is 4. The lowest BCUT2D eigenvalue weighted by Gasteiger charge is -2.32. The fourth-order valence-corrected chi connectivity index (χ4v) is 2.79. The average molecular weight is 326 g/mol. The van der Waals surface area contributed by atoms with E-state index in [0.717, 1.165) is 17.2 Å². The van der Waals surface area contributed by atoms with E-state index in [0.29, 0.717) is 0 Å². The van der Waals surface area contributed by atoms with E-state index in [1.54, 1.807) is 0 Å². The second-order valence-electron chi connectivity index (χ2n) is 5.21. The third kappa shape index (κ3) is 2.21. The number of ether oxygens (including phenoxy) is 1. The lowest BCUT2D eigenvalue weighted by molar-refractivity contribution is -0.171. The highest BCUT2D eigenvalue weighted by Gasteiger charge is 2.57. The predicted molar refractivity (Wildman–Crippen MR) is 72.3 cm³/mol. The topological polar surface area (TPSA) is 171 Å². The summed E-state index contributed by atoms with van der Waals surface area (Å²) < 4.78 is 6.56. The van der Waals surface area contributed by atoms with Crippen molar-refractivity contribution in [2.45, 2.75) is 30.5 Å². The third-order valence-electron chi connectivity index (χ3n) is 3.85. The van der Waals surface area contributed by atoms with Crippen molar-refractivity contribution < 1.29 is 30.0 Å². The van der Waals surface area contributed by atoms with Gasteiger partial charge in [0.2, 0.25) is 0 Å². The summed E-state index contributed by atoms with van der Waals surface area (Å²) in [5, 5.41) is 38.7. The molecule has 5 N–H and O–H groups in total. The van der Waals surface area contributed by atoms with Crippen molar-refractivity contribution in [2.75, 3.05) is 6.61 Å². The van der Waals surface area contributed by atoms with Gasteiger partial charge >= 0.3 is 5.97 Å². The quantitative estimate of drug-likeness (QED) is 0.403. The van der Waals surface area contributed by atoms with E-state index < -0.39 is 48.6 Å². The molecule has 0 aromatic carbocycles. The summed E-state index contributed by atoms with van der Waals surface area (Å²) in [5.41, 5.74) is -2.59. The molecule has 0 unspecified atom stereocenters. The zero-order valence-electron chi connectivity index (χ0n) is 11.7. The second-order valence-corrected chi connectivity index (χ2v) is 5.21. The number of aliphatic hydroxyl groups is 3. The molecule has 1 fully saturated rings. The highest BCUT2D eigenvalue weighted by atomic mass is 16.6. The molecule has 3 rings (SSSR count). The van der Waals surface area contributed by atoms with Gasteiger partial charge in [-0.25, -0.2) is 9.97 Å². The van der Waals surface area contributed by atoms with Crippen LogP contribution in [0.2, 0.25) is 0 Å². The number of carboxylic acid groups (broad SMARTS) is 1. The maximum absolute atomic E-state index is 11.7. The Kier molecular flexibility index (Phi) is 3.64. The van der Waals surface area contributed by atoms with Crippen molar-refractivity contribution >= 4 is 17.1 Å². The lowest BCUT2D eigenvalue weighted by atomic mass is 9.99. The molecule has 124 valence electrons. The maximum atomic E-state index is 11.7. The first-order valence-electron chi connectivity index (χ1n) is 6.68. The summed E-state index contributed by atoms with van der Waals surface area (Å²) in [5.74, 6) is -1.32. The minimum atomic E-state index is -1.95. The summed E-state index contributed by atoms with van der Waals surface area (Å²) in [7, 11) is 0. The number of nitrogens with one attached hydrogen (secondary N) is 1. The normalized spacial score (nSPS) is 30.8. The van der Waals surface area contributed by atoms with Crippen molar-refractivity contribution in [1.29, 1.82) is 0 Å². The number of imidazole rings is 1. The van der Waals surface area contributed by atoms with Gasteiger partial charge in [-0.3, -0.25) is 14.2 Å². The maximum Gasteiger partial charge on any atom is 0.308 e. The number of carboxylic acids is 1. The van der Waals surface area contributed by atoms with Gasteiger partial charge in [-0.1, -0.05) is 0 Å². The Labute approximate surface area is 127 Å². The summed E-state index contributed by atoms with van der Waals surface area (Å²) in [4.78, 5) is 33.1. The second kappa shape index (κ2) is 5.38. The van der Waals surface area contributed by atoms with Crippen molar-refractivity contribution in [2.24, 2.45) is 0 Å². The lowest BCUT2D eigenvalue weighted by Crippen LogP contribution is -2.47. The van der Waals surface area contributed by atoms with Gasteiger partial charge in [0.15, 0.2) is 16.9 Å². The Morgan fingerprint density at radius 2 is 2.17 bits per heavy atom. The molecule has 1 saturated heterocycles. The van der Waals surface area contributed by atoms with Crippen LogP contribution >= 0.6 is 0 Å². The van der Waals surface area contributed by atoms with Crippen LogP contribution in [0.5, 0.6) is 0 Å². The van der Waals surface area contributed by atoms with E-state index in [9.17, 15) is 30.0 Å². The molecular weight excluding hydrogens is 312 g/mol. The zero-order chi connectivity index (χ0) is 16.8. The van der Waals surface area contributed by atoms with Crippen LogP contribution in [0.3, 0.4) is 0 Å². The van der Waals surface area contributed by atoms with Crippen LogP contribution in [0.1, 0.15) is 6.42 Å². The summed E-state index contributed by atoms with van der Waals surface area (Å²) in [6.45, 7) is -0.625. The van der Waals surface area contributed by atoms with Gasteiger partial charge in [0.05, 0.1) is 25.7 Å². The SMILES string of the molecule is O=C(O)C[C@@]1(n2cnc3c(=O)[nH]cnc32)O[C@H](CO)[C@@H](O)[C@H]1O. The Morgan fingerprint density at radius 3 is 2.78 bits per heavy atom. The number of H-pyrrole nitrogens is 1. The van der Waals surface area contributed by atoms with Gasteiger partial charge in [-0.15, -0.1) is 0 Å². The molecule has 2 aromatic rings. The monoisotopic (exact) mass is 326 g/mol. The summed E-state index contributed by atoms with van der Waals surface area (Å²) in [6.07, 6.45) is -2.91. The number of aliphatic hydroxyl groups excluding tert-OH is 3. The minimum Gasteiger partial charge on any atom is -0.481 e. The molecule has 0 aliphatic carbocycles. The Bertz CT molecular complexity index is 802. The number of aromatic nitrogens is 4. The molecule has 23 heavy (non-hydrogen) atoms. The predicted octanol–water partition coefficient (Wildman–Crippen LogP) is -2.64. The van der Waals surface area contributed by atoms with E-state index in [2.05, 4.69) is 15.0 Å². The van der Waals surface area contributed by atoms with Crippen LogP contribution in [0.25, 0.3) is 11.2 Å². The molecule has 4 atom stereocenters. The summed E-state index contributed by atoms with van der Waals surface area (Å²) >= 11 is 0. The van der Waals surface area contributed by atoms with E-state index >= 15 is 0 Å². The Morgan fingerprint density at radius 1 is 1.43 bits per heavy atom. The van der Waals surface area contributed by atoms with Crippen LogP contribution in [0.15, 0.2) is 17.4 Å². The van der Waals surface area contributed by atoms with Crippen LogP contribution in [-0.4, -0.2) is 70.8 Å². The minimum absolute atomic E-state index is 0.0140. The molecule has 1 aliphatic heterocycles. The van der Waals surface area contributed by atoms with E-state index in [1.807, 2.05) is 0 Å². The van der Waals surface area contributed by atoms with E-state index in [-0.39, 0.29) is 11.2 Å². The van der Waals surface area contributed by atoms with E-state index in [1.165, 1.54) is 0 Å². The molecule has 0 radical (unpaired) electrons. The van der Waals surface area contributed by atoms with Crippen molar-refractivity contribution in [3.05, 3.63) is 23.0 Å². The largest absolute Gasteiger partial charge is 0.481 e. The van der Waals surface area contributed by atoms with Crippen LogP contribution < -0.4 is 5.56 Å². The number of aromatic amines is 1. The number of fused-ring (bicyclic) bond motifs is 1. The van der Waals surface area contributed by atoms with Gasteiger partial charge in [0, 0.05) is 0 Å². The fourth-order valence-electron chi connectivity index (χ4n) is 2.79. The molecule has 0 amide bonds. The van der Waals surface area contributed by atoms with Gasteiger partial charge < -0.3 is 30.1 Å². The zero-order valence-corrected chi connectivity index (χ0v) is 11.7. The van der Waals surface area contributed by atoms with Crippen molar-refractivity contribution in [1.82, 2.24) is 19.5 Å². The number of hydrogen-bond donors (Lipinski definition) is 5. The smallest absolute Gasteiger partial charge is 0.308 e. The molecular formula is C12H14N4O7. The third-order valence-corrected chi connectivity index (χ3v) is 3.85. The van der Waals surface area contributed by atoms with Gasteiger partial charge in [0.1, 0.15) is 18.3 Å². The first-order chi connectivity index (χ1) is 10.9. The molecule has 1 aliphatic rings. The van der Waals surface area contributed by atoms with Gasteiger partial charge in [-0.2, -0.15) is 0 Å². The number of nitrogens with zero attached hydrogens (tertiary/aromatic N) is 3. The molecule has 11 nitrogen and oxygen atoms in total. The number of hydrogen-bond acceptors (Lipinski definition) is 8. The first-order valence-corrected chi connectivity index (χ1v) is 6.68. The highest BCUT2D eigenvalue weighted by molar-refractivity contribution is 5.71. The number of aliphatic carboxylic acids is 1. The van der Waals surface area contributed by atoms with Crippen molar-refractivity contribution in [3.63, 3.8) is 0 Å². The van der Waals surface area contributed by atoms with Crippen LogP contribution in [0.4, 0.5) is 0 Å². The number of carbonyl (C=O) groups is 1. The molecule has 0 spiro atoms. The van der Waals surface area contributed by atoms with Crippen LogP contribution in [0, 0.1) is 0 Å². The average Bonchev–Trinajstić information content (AvgIpc) is 3.04. The summed E-state index contributed by atoms with van der Waals surface area (Å²) in [6, 6.07) is 0. The van der Waals surface area contributed by atoms with E-state index in [4.69, 9.17) is 4.74 Å². The van der Waals surface area contributed by atoms with Gasteiger partial charge in [-0.05, 0) is 0 Å². The fraction of sp³-hybridized carbons (Fsp3) is 0.500. The molecule has 2 aromatic heterocycles. The first kappa shape index (κ1) is 15.6. The standard InChI is InChI=1S/C12H14N4O7/c17-2-5-8(20)9(21)12(23-5,1-6(18)19)16-4-15-7-10(16)13-3-14-11(7)22/h3-5,8-9,17,20-21H,1-2H2,(H,18,19)(H,13,14,22)/t5-,8-,9-,12-/m1/s1. The molecule has 3 heterocycles. The Balaban J connectivity index is 2.22. The molecule has 0 bridgehead atoms. The Hall–Kier alpha value is -2.34. The molecule has 11 heteroatoms. The van der Waals surface area contributed by atoms with Crippen LogP contribution in [-0.2, 0) is 15.3 Å².